The van der Waals surface area contributed by atoms with E-state index < -0.39 is 0 Å². The van der Waals surface area contributed by atoms with Gasteiger partial charge in [-0.05, 0) is 55.5 Å². The van der Waals surface area contributed by atoms with Crippen molar-refractivity contribution in [1.29, 1.82) is 0 Å². The molecule has 0 bridgehead atoms. The Morgan fingerprint density at radius 1 is 1.24 bits per heavy atom. The summed E-state index contributed by atoms with van der Waals surface area (Å²) in [4.78, 5) is 30.5. The van der Waals surface area contributed by atoms with Gasteiger partial charge in [-0.25, -0.2) is 0 Å². The number of aryl methyl sites for hydroxylation is 1. The standard InChI is InChI=1S/C23H23ClN2O3/c1-15-8-9-21-16(11-15)12-17(22(27)25-21)13-26(14-18-5-4-10-29-18)23(28)19-6-2-3-7-20(19)24/h2-3,6-9,11-12,18H,4-5,10,13-14H2,1H3,(H,25,27)/t18-/m1/s1. The highest BCUT2D eigenvalue weighted by Crippen LogP contribution is 2.21. The van der Waals surface area contributed by atoms with Crippen molar-refractivity contribution in [1.82, 2.24) is 9.88 Å². The maximum atomic E-state index is 13.3. The van der Waals surface area contributed by atoms with E-state index in [0.29, 0.717) is 29.3 Å². The summed E-state index contributed by atoms with van der Waals surface area (Å²) < 4.78 is 5.74. The van der Waals surface area contributed by atoms with E-state index in [1.165, 1.54) is 0 Å². The first-order chi connectivity index (χ1) is 14.0. The number of aromatic nitrogens is 1. The van der Waals surface area contributed by atoms with Gasteiger partial charge in [-0.3, -0.25) is 9.59 Å². The van der Waals surface area contributed by atoms with Gasteiger partial charge in [0.25, 0.3) is 11.5 Å². The predicted octanol–water partition coefficient (Wildman–Crippen LogP) is 4.31. The number of carbonyl (C=O) groups excluding carboxylic acids is 1. The van der Waals surface area contributed by atoms with Gasteiger partial charge in [-0.2, -0.15) is 0 Å². The highest BCUT2D eigenvalue weighted by molar-refractivity contribution is 6.33. The molecule has 1 aliphatic rings. The number of hydrogen-bond donors (Lipinski definition) is 1. The number of benzene rings is 2. The van der Waals surface area contributed by atoms with Crippen LogP contribution in [0.1, 0.15) is 34.3 Å². The van der Waals surface area contributed by atoms with E-state index in [4.69, 9.17) is 16.3 Å². The van der Waals surface area contributed by atoms with E-state index >= 15 is 0 Å². The van der Waals surface area contributed by atoms with Gasteiger partial charge < -0.3 is 14.6 Å². The molecule has 3 aromatic rings. The molecule has 1 aromatic heterocycles. The molecule has 1 fully saturated rings. The number of aromatic amines is 1. The van der Waals surface area contributed by atoms with Crippen LogP contribution in [0.4, 0.5) is 0 Å². The van der Waals surface area contributed by atoms with Crippen LogP contribution in [0.15, 0.2) is 53.3 Å². The van der Waals surface area contributed by atoms with E-state index in [1.54, 1.807) is 29.2 Å². The topological polar surface area (TPSA) is 62.4 Å². The van der Waals surface area contributed by atoms with Crippen molar-refractivity contribution < 1.29 is 9.53 Å². The van der Waals surface area contributed by atoms with Crippen molar-refractivity contribution in [2.24, 2.45) is 0 Å². The molecular formula is C23H23ClN2O3. The zero-order chi connectivity index (χ0) is 20.4. The van der Waals surface area contributed by atoms with Crippen LogP contribution in [0.3, 0.4) is 0 Å². The fourth-order valence-electron chi connectivity index (χ4n) is 3.75. The molecule has 1 amide bonds. The summed E-state index contributed by atoms with van der Waals surface area (Å²) in [5.41, 5.74) is 2.68. The summed E-state index contributed by atoms with van der Waals surface area (Å²) in [5.74, 6) is -0.199. The second kappa shape index (κ2) is 8.39. The van der Waals surface area contributed by atoms with Crippen LogP contribution in [-0.4, -0.2) is 35.0 Å². The number of pyridine rings is 1. The fourth-order valence-corrected chi connectivity index (χ4v) is 3.97. The number of hydrogen-bond acceptors (Lipinski definition) is 3. The second-order valence-corrected chi connectivity index (χ2v) is 7.92. The molecule has 2 heterocycles. The molecule has 6 heteroatoms. The fraction of sp³-hybridized carbons (Fsp3) is 0.304. The molecule has 0 unspecified atom stereocenters. The van der Waals surface area contributed by atoms with Crippen molar-refractivity contribution in [3.63, 3.8) is 0 Å². The van der Waals surface area contributed by atoms with Gasteiger partial charge in [-0.15, -0.1) is 0 Å². The van der Waals surface area contributed by atoms with Crippen molar-refractivity contribution in [3.8, 4) is 0 Å². The first kappa shape index (κ1) is 19.7. The number of ether oxygens (including phenoxy) is 1. The van der Waals surface area contributed by atoms with Crippen LogP contribution in [0, 0.1) is 6.92 Å². The third kappa shape index (κ3) is 4.36. The van der Waals surface area contributed by atoms with Gasteiger partial charge in [-0.1, -0.05) is 35.4 Å². The summed E-state index contributed by atoms with van der Waals surface area (Å²) in [6.45, 7) is 3.34. The number of fused-ring (bicyclic) bond motifs is 1. The summed E-state index contributed by atoms with van der Waals surface area (Å²) in [7, 11) is 0. The van der Waals surface area contributed by atoms with Crippen molar-refractivity contribution in [2.45, 2.75) is 32.4 Å². The lowest BCUT2D eigenvalue weighted by Gasteiger charge is -2.26. The maximum absolute atomic E-state index is 13.3. The minimum atomic E-state index is -0.199. The normalized spacial score (nSPS) is 16.3. The molecule has 0 radical (unpaired) electrons. The van der Waals surface area contributed by atoms with Crippen LogP contribution in [0.25, 0.3) is 10.9 Å². The number of rotatable bonds is 5. The summed E-state index contributed by atoms with van der Waals surface area (Å²) in [6, 6.07) is 14.7. The molecule has 4 rings (SSSR count). The Morgan fingerprint density at radius 2 is 2.07 bits per heavy atom. The molecule has 0 saturated carbocycles. The lowest BCUT2D eigenvalue weighted by molar-refractivity contribution is 0.0506. The van der Waals surface area contributed by atoms with E-state index in [-0.39, 0.29) is 24.1 Å². The third-order valence-electron chi connectivity index (χ3n) is 5.28. The van der Waals surface area contributed by atoms with Gasteiger partial charge in [0, 0.05) is 24.2 Å². The zero-order valence-electron chi connectivity index (χ0n) is 16.3. The largest absolute Gasteiger partial charge is 0.376 e. The van der Waals surface area contributed by atoms with Crippen LogP contribution >= 0.6 is 11.6 Å². The van der Waals surface area contributed by atoms with E-state index in [0.717, 1.165) is 29.3 Å². The molecule has 1 N–H and O–H groups in total. The van der Waals surface area contributed by atoms with Crippen LogP contribution < -0.4 is 5.56 Å². The molecular weight excluding hydrogens is 388 g/mol. The van der Waals surface area contributed by atoms with Gasteiger partial charge in [0.05, 0.1) is 23.2 Å². The SMILES string of the molecule is Cc1ccc2[nH]c(=O)c(CN(C[C@H]3CCCO3)C(=O)c3ccccc3Cl)cc2c1. The average Bonchev–Trinajstić information content (AvgIpc) is 3.21. The smallest absolute Gasteiger partial charge is 0.255 e. The van der Waals surface area contributed by atoms with Gasteiger partial charge >= 0.3 is 0 Å². The van der Waals surface area contributed by atoms with Crippen molar-refractivity contribution in [3.05, 3.63) is 80.6 Å². The van der Waals surface area contributed by atoms with E-state index in [2.05, 4.69) is 4.98 Å². The Morgan fingerprint density at radius 3 is 2.83 bits per heavy atom. The van der Waals surface area contributed by atoms with Gasteiger partial charge in [0.2, 0.25) is 0 Å². The van der Waals surface area contributed by atoms with E-state index in [9.17, 15) is 9.59 Å². The van der Waals surface area contributed by atoms with Crippen LogP contribution in [0.2, 0.25) is 5.02 Å². The highest BCUT2D eigenvalue weighted by Gasteiger charge is 2.25. The monoisotopic (exact) mass is 410 g/mol. The number of nitrogens with zero attached hydrogens (tertiary/aromatic N) is 1. The quantitative estimate of drug-likeness (QED) is 0.681. The highest BCUT2D eigenvalue weighted by atomic mass is 35.5. The second-order valence-electron chi connectivity index (χ2n) is 7.51. The lowest BCUT2D eigenvalue weighted by Crippen LogP contribution is -2.38. The molecule has 5 nitrogen and oxygen atoms in total. The molecule has 1 aliphatic heterocycles. The molecule has 1 atom stereocenters. The van der Waals surface area contributed by atoms with Crippen molar-refractivity contribution >= 4 is 28.4 Å². The Hall–Kier alpha value is -2.63. The Kier molecular flexibility index (Phi) is 5.69. The molecule has 0 aliphatic carbocycles. The summed E-state index contributed by atoms with van der Waals surface area (Å²) in [6.07, 6.45) is 1.86. The van der Waals surface area contributed by atoms with E-state index in [1.807, 2.05) is 31.2 Å². The number of amides is 1. The number of halogens is 1. The minimum absolute atomic E-state index is 0.0248. The molecule has 0 spiro atoms. The molecule has 1 saturated heterocycles. The number of nitrogens with one attached hydrogen (secondary N) is 1. The summed E-state index contributed by atoms with van der Waals surface area (Å²) >= 11 is 6.26. The molecule has 29 heavy (non-hydrogen) atoms. The Labute approximate surface area is 174 Å². The molecule has 2 aromatic carbocycles. The Balaban J connectivity index is 1.68. The Bertz CT molecular complexity index is 1100. The van der Waals surface area contributed by atoms with Crippen LogP contribution in [0.5, 0.6) is 0 Å². The molecule has 150 valence electrons. The first-order valence-electron chi connectivity index (χ1n) is 9.79. The zero-order valence-corrected chi connectivity index (χ0v) is 17.0. The minimum Gasteiger partial charge on any atom is -0.376 e. The third-order valence-corrected chi connectivity index (χ3v) is 5.61. The first-order valence-corrected chi connectivity index (χ1v) is 10.2. The number of H-pyrrole nitrogens is 1. The van der Waals surface area contributed by atoms with Crippen molar-refractivity contribution in [2.75, 3.05) is 13.2 Å². The predicted molar refractivity (Wildman–Crippen MR) is 114 cm³/mol. The van der Waals surface area contributed by atoms with Gasteiger partial charge in [0.15, 0.2) is 0 Å². The number of carbonyl (C=O) groups is 1. The van der Waals surface area contributed by atoms with Gasteiger partial charge in [0.1, 0.15) is 0 Å². The maximum Gasteiger partial charge on any atom is 0.255 e. The average molecular weight is 411 g/mol. The lowest BCUT2D eigenvalue weighted by atomic mass is 10.1. The summed E-state index contributed by atoms with van der Waals surface area (Å²) in [5, 5.41) is 1.35. The van der Waals surface area contributed by atoms with Crippen LogP contribution in [-0.2, 0) is 11.3 Å².